The molecule has 2 nitrogen and oxygen atoms in total. The fraction of sp³-hybridized carbons (Fsp3) is 0.632. The third-order valence-corrected chi connectivity index (χ3v) is 4.54. The maximum absolute atomic E-state index is 5.91. The van der Waals surface area contributed by atoms with Crippen molar-refractivity contribution in [2.75, 3.05) is 0 Å². The van der Waals surface area contributed by atoms with Crippen molar-refractivity contribution in [3.05, 3.63) is 34.9 Å². The van der Waals surface area contributed by atoms with Crippen LogP contribution in [0, 0.1) is 0 Å². The topological polar surface area (TPSA) is 21.6 Å². The van der Waals surface area contributed by atoms with Gasteiger partial charge in [0, 0.05) is 11.4 Å². The maximum Gasteiger partial charge on any atom is 0.133 e. The monoisotopic (exact) mass is 321 g/mol. The Morgan fingerprint density at radius 1 is 1.00 bits per heavy atom. The van der Waals surface area contributed by atoms with Crippen molar-refractivity contribution in [1.82, 2.24) is 0 Å². The van der Waals surface area contributed by atoms with Crippen molar-refractivity contribution in [3.63, 3.8) is 0 Å². The Balaban J connectivity index is 1.55. The molecule has 1 aromatic carbocycles. The number of unbranched alkanes of at least 4 members (excludes halogenated alkanes) is 7. The van der Waals surface area contributed by atoms with Crippen LogP contribution in [0.4, 0.5) is 0 Å². The highest BCUT2D eigenvalue weighted by Crippen LogP contribution is 2.22. The standard InChI is InChI=1S/C19H28ClNO/c1-2-3-4-5-6-7-8-9-10-18-15-19(21-22-18)16-11-13-17(20)14-12-16/h11-14,18H,2-10,15H2,1H3. The van der Waals surface area contributed by atoms with Crippen LogP contribution in [-0.4, -0.2) is 11.8 Å². The van der Waals surface area contributed by atoms with Crippen LogP contribution in [0.2, 0.25) is 5.02 Å². The predicted octanol–water partition coefficient (Wildman–Crippen LogP) is 6.36. The van der Waals surface area contributed by atoms with Crippen molar-refractivity contribution in [2.45, 2.75) is 77.2 Å². The summed E-state index contributed by atoms with van der Waals surface area (Å²) in [6.45, 7) is 2.27. The molecular weight excluding hydrogens is 294 g/mol. The molecule has 0 amide bonds. The molecule has 0 radical (unpaired) electrons. The summed E-state index contributed by atoms with van der Waals surface area (Å²) in [5.74, 6) is 0. The average molecular weight is 322 g/mol. The third kappa shape index (κ3) is 6.00. The van der Waals surface area contributed by atoms with E-state index in [1.807, 2.05) is 24.3 Å². The lowest BCUT2D eigenvalue weighted by Gasteiger charge is -2.07. The van der Waals surface area contributed by atoms with Gasteiger partial charge in [-0.25, -0.2) is 0 Å². The molecule has 0 aromatic heterocycles. The summed E-state index contributed by atoms with van der Waals surface area (Å²) in [7, 11) is 0. The summed E-state index contributed by atoms with van der Waals surface area (Å²) >= 11 is 5.91. The zero-order valence-electron chi connectivity index (χ0n) is 13.7. The van der Waals surface area contributed by atoms with E-state index in [1.54, 1.807) is 0 Å². The molecule has 0 spiro atoms. The molecule has 0 aliphatic carbocycles. The van der Waals surface area contributed by atoms with Crippen molar-refractivity contribution < 1.29 is 4.84 Å². The van der Waals surface area contributed by atoms with E-state index in [0.717, 1.165) is 29.1 Å². The van der Waals surface area contributed by atoms with E-state index in [9.17, 15) is 0 Å². The number of hydrogen-bond acceptors (Lipinski definition) is 2. The molecular formula is C19H28ClNO. The SMILES string of the molecule is CCCCCCCCCCC1CC(c2ccc(Cl)cc2)=NO1. The summed E-state index contributed by atoms with van der Waals surface area (Å²) in [6, 6.07) is 7.85. The normalized spacial score (nSPS) is 17.4. The lowest BCUT2D eigenvalue weighted by atomic mass is 10.0. The number of nitrogens with zero attached hydrogens (tertiary/aromatic N) is 1. The highest BCUT2D eigenvalue weighted by Gasteiger charge is 2.21. The van der Waals surface area contributed by atoms with Crippen LogP contribution >= 0.6 is 11.6 Å². The molecule has 0 fully saturated rings. The highest BCUT2D eigenvalue weighted by molar-refractivity contribution is 6.30. The summed E-state index contributed by atoms with van der Waals surface area (Å²) in [5, 5.41) is 5.00. The largest absolute Gasteiger partial charge is 0.392 e. The predicted molar refractivity (Wildman–Crippen MR) is 94.7 cm³/mol. The first kappa shape index (κ1) is 17.3. The van der Waals surface area contributed by atoms with Gasteiger partial charge in [-0.15, -0.1) is 0 Å². The molecule has 22 heavy (non-hydrogen) atoms. The fourth-order valence-electron chi connectivity index (χ4n) is 2.90. The molecule has 0 saturated heterocycles. The van der Waals surface area contributed by atoms with Crippen molar-refractivity contribution >= 4 is 17.3 Å². The molecule has 1 atom stereocenters. The molecule has 2 rings (SSSR count). The first-order valence-electron chi connectivity index (χ1n) is 8.78. The van der Waals surface area contributed by atoms with Crippen LogP contribution in [-0.2, 0) is 4.84 Å². The molecule has 1 unspecified atom stereocenters. The lowest BCUT2D eigenvalue weighted by Crippen LogP contribution is -2.08. The summed E-state index contributed by atoms with van der Waals surface area (Å²) < 4.78 is 0. The number of rotatable bonds is 10. The van der Waals surface area contributed by atoms with Gasteiger partial charge in [0.05, 0.1) is 5.71 Å². The van der Waals surface area contributed by atoms with E-state index >= 15 is 0 Å². The third-order valence-electron chi connectivity index (χ3n) is 4.29. The van der Waals surface area contributed by atoms with Crippen LogP contribution in [0.1, 0.15) is 76.7 Å². The Bertz CT molecular complexity index is 455. The van der Waals surface area contributed by atoms with Gasteiger partial charge in [0.1, 0.15) is 6.10 Å². The van der Waals surface area contributed by atoms with Crippen LogP contribution in [0.25, 0.3) is 0 Å². The van der Waals surface area contributed by atoms with E-state index in [4.69, 9.17) is 16.4 Å². The molecule has 0 N–H and O–H groups in total. The highest BCUT2D eigenvalue weighted by atomic mass is 35.5. The van der Waals surface area contributed by atoms with E-state index in [-0.39, 0.29) is 6.10 Å². The van der Waals surface area contributed by atoms with Crippen LogP contribution in [0.3, 0.4) is 0 Å². The zero-order valence-corrected chi connectivity index (χ0v) is 14.4. The molecule has 122 valence electrons. The van der Waals surface area contributed by atoms with Crippen LogP contribution in [0.15, 0.2) is 29.4 Å². The molecule has 3 heteroatoms. The van der Waals surface area contributed by atoms with Gasteiger partial charge in [0.25, 0.3) is 0 Å². The molecule has 1 heterocycles. The lowest BCUT2D eigenvalue weighted by molar-refractivity contribution is 0.0770. The maximum atomic E-state index is 5.91. The molecule has 1 aromatic rings. The van der Waals surface area contributed by atoms with Gasteiger partial charge in [-0.1, -0.05) is 80.8 Å². The smallest absolute Gasteiger partial charge is 0.133 e. The summed E-state index contributed by atoms with van der Waals surface area (Å²) in [5.41, 5.74) is 2.18. The summed E-state index contributed by atoms with van der Waals surface area (Å²) in [4.78, 5) is 5.56. The minimum Gasteiger partial charge on any atom is -0.392 e. The van der Waals surface area contributed by atoms with Crippen LogP contribution < -0.4 is 0 Å². The quantitative estimate of drug-likeness (QED) is 0.459. The van der Waals surface area contributed by atoms with Crippen LogP contribution in [0.5, 0.6) is 0 Å². The first-order chi connectivity index (χ1) is 10.8. The van der Waals surface area contributed by atoms with Gasteiger partial charge in [-0.05, 0) is 30.5 Å². The van der Waals surface area contributed by atoms with E-state index in [1.165, 1.54) is 51.4 Å². The van der Waals surface area contributed by atoms with Crippen molar-refractivity contribution in [1.29, 1.82) is 0 Å². The fourth-order valence-corrected chi connectivity index (χ4v) is 3.03. The molecule has 0 bridgehead atoms. The number of hydrogen-bond donors (Lipinski definition) is 0. The number of oxime groups is 1. The van der Waals surface area contributed by atoms with Gasteiger partial charge >= 0.3 is 0 Å². The van der Waals surface area contributed by atoms with Gasteiger partial charge in [-0.2, -0.15) is 0 Å². The van der Waals surface area contributed by atoms with E-state index < -0.39 is 0 Å². The Morgan fingerprint density at radius 2 is 1.64 bits per heavy atom. The Morgan fingerprint density at radius 3 is 2.32 bits per heavy atom. The van der Waals surface area contributed by atoms with Crippen molar-refractivity contribution in [2.24, 2.45) is 5.16 Å². The zero-order chi connectivity index (χ0) is 15.6. The second-order valence-electron chi connectivity index (χ2n) is 6.24. The second kappa shape index (κ2) is 9.89. The second-order valence-corrected chi connectivity index (χ2v) is 6.68. The Labute approximate surface area is 139 Å². The van der Waals surface area contributed by atoms with Gasteiger partial charge in [0.15, 0.2) is 0 Å². The number of benzene rings is 1. The molecule has 0 saturated carbocycles. The minimum atomic E-state index is 0.269. The minimum absolute atomic E-state index is 0.269. The average Bonchev–Trinajstić information content (AvgIpc) is 2.99. The Hall–Kier alpha value is -1.02. The molecule has 1 aliphatic heterocycles. The van der Waals surface area contributed by atoms with Gasteiger partial charge < -0.3 is 4.84 Å². The van der Waals surface area contributed by atoms with Crippen molar-refractivity contribution in [3.8, 4) is 0 Å². The van der Waals surface area contributed by atoms with E-state index in [2.05, 4.69) is 12.1 Å². The summed E-state index contributed by atoms with van der Waals surface area (Å²) in [6.07, 6.45) is 13.2. The Kier molecular flexibility index (Phi) is 7.79. The number of halogens is 1. The molecule has 1 aliphatic rings. The van der Waals surface area contributed by atoms with Gasteiger partial charge in [-0.3, -0.25) is 0 Å². The van der Waals surface area contributed by atoms with E-state index in [0.29, 0.717) is 0 Å². The first-order valence-corrected chi connectivity index (χ1v) is 9.16. The van der Waals surface area contributed by atoms with Gasteiger partial charge in [0.2, 0.25) is 0 Å².